The topological polar surface area (TPSA) is 67.8 Å². The molecule has 0 spiro atoms. The summed E-state index contributed by atoms with van der Waals surface area (Å²) in [7, 11) is 0. The molecule has 1 aliphatic rings. The molecule has 0 saturated heterocycles. The summed E-state index contributed by atoms with van der Waals surface area (Å²) in [6, 6.07) is 3.57. The zero-order chi connectivity index (χ0) is 18.3. The number of thiophene rings is 1. The summed E-state index contributed by atoms with van der Waals surface area (Å²) in [4.78, 5) is 35.2. The molecule has 3 aromatic heterocycles. The molecular weight excluding hydrogens is 366 g/mol. The number of hydrogen-bond donors (Lipinski definition) is 1. The standard InChI is InChI=1S/C19H21N3O2S2/c1-3-22-18(24)16-12-7-6-11(2)9-15(12)26-17(16)21-19(22)25-10-14(23)13-5-4-8-20-13/h4-5,8,11,20H,3,6-7,9-10H2,1-2H3. The van der Waals surface area contributed by atoms with E-state index in [2.05, 4.69) is 11.9 Å². The molecule has 5 nitrogen and oxygen atoms in total. The predicted molar refractivity (Wildman–Crippen MR) is 107 cm³/mol. The Morgan fingerprint density at radius 1 is 1.50 bits per heavy atom. The van der Waals surface area contributed by atoms with E-state index < -0.39 is 0 Å². The number of H-pyrrole nitrogens is 1. The maximum Gasteiger partial charge on any atom is 0.263 e. The molecule has 1 N–H and O–H groups in total. The summed E-state index contributed by atoms with van der Waals surface area (Å²) in [6.07, 6.45) is 4.87. The molecule has 26 heavy (non-hydrogen) atoms. The maximum atomic E-state index is 13.1. The number of fused-ring (bicyclic) bond motifs is 3. The van der Waals surface area contributed by atoms with Crippen LogP contribution < -0.4 is 5.56 Å². The second kappa shape index (κ2) is 7.04. The van der Waals surface area contributed by atoms with Crippen molar-refractivity contribution >= 4 is 39.1 Å². The van der Waals surface area contributed by atoms with Crippen LogP contribution in [0.5, 0.6) is 0 Å². The first kappa shape index (κ1) is 17.5. The van der Waals surface area contributed by atoms with Gasteiger partial charge in [0.2, 0.25) is 0 Å². The number of ketones is 1. The number of nitrogens with one attached hydrogen (secondary N) is 1. The average Bonchev–Trinajstić information content (AvgIpc) is 3.26. The highest BCUT2D eigenvalue weighted by molar-refractivity contribution is 7.99. The summed E-state index contributed by atoms with van der Waals surface area (Å²) < 4.78 is 1.71. The zero-order valence-corrected chi connectivity index (χ0v) is 16.5. The van der Waals surface area contributed by atoms with Crippen molar-refractivity contribution in [2.24, 2.45) is 5.92 Å². The molecule has 1 aliphatic carbocycles. The molecule has 1 atom stereocenters. The minimum atomic E-state index is 0.0105. The van der Waals surface area contributed by atoms with Gasteiger partial charge in [-0.05, 0) is 49.8 Å². The Morgan fingerprint density at radius 3 is 3.08 bits per heavy atom. The number of hydrogen-bond acceptors (Lipinski definition) is 5. The van der Waals surface area contributed by atoms with Gasteiger partial charge in [0.1, 0.15) is 4.83 Å². The number of thioether (sulfide) groups is 1. The van der Waals surface area contributed by atoms with Gasteiger partial charge in [0, 0.05) is 17.6 Å². The SMILES string of the molecule is CCn1c(SCC(=O)c2ccc[nH]2)nc2sc3c(c2c1=O)CCC(C)C3. The van der Waals surface area contributed by atoms with E-state index in [1.807, 2.05) is 6.92 Å². The van der Waals surface area contributed by atoms with Gasteiger partial charge in [-0.1, -0.05) is 18.7 Å². The van der Waals surface area contributed by atoms with Crippen molar-refractivity contribution < 1.29 is 4.79 Å². The van der Waals surface area contributed by atoms with Gasteiger partial charge < -0.3 is 4.98 Å². The van der Waals surface area contributed by atoms with Gasteiger partial charge in [0.05, 0.1) is 16.8 Å². The molecule has 0 aromatic carbocycles. The van der Waals surface area contributed by atoms with E-state index in [4.69, 9.17) is 4.98 Å². The molecule has 7 heteroatoms. The fourth-order valence-electron chi connectivity index (χ4n) is 3.51. The number of aromatic nitrogens is 3. The normalized spacial score (nSPS) is 16.8. The van der Waals surface area contributed by atoms with Gasteiger partial charge in [-0.25, -0.2) is 4.98 Å². The molecule has 0 radical (unpaired) electrons. The molecule has 1 unspecified atom stereocenters. The van der Waals surface area contributed by atoms with E-state index in [0.717, 1.165) is 29.5 Å². The summed E-state index contributed by atoms with van der Waals surface area (Å²) in [5.41, 5.74) is 1.84. The maximum absolute atomic E-state index is 13.1. The lowest BCUT2D eigenvalue weighted by molar-refractivity contribution is 0.101. The van der Waals surface area contributed by atoms with Crippen LogP contribution in [-0.2, 0) is 19.4 Å². The van der Waals surface area contributed by atoms with Crippen molar-refractivity contribution in [2.75, 3.05) is 5.75 Å². The van der Waals surface area contributed by atoms with Gasteiger partial charge in [-0.2, -0.15) is 0 Å². The number of Topliss-reactive ketones (excluding diaryl/α,β-unsaturated/α-hetero) is 1. The largest absolute Gasteiger partial charge is 0.359 e. The lowest BCUT2D eigenvalue weighted by Gasteiger charge is -2.17. The van der Waals surface area contributed by atoms with Crippen LogP contribution in [0.3, 0.4) is 0 Å². The van der Waals surface area contributed by atoms with E-state index in [-0.39, 0.29) is 17.1 Å². The second-order valence-electron chi connectivity index (χ2n) is 6.77. The monoisotopic (exact) mass is 387 g/mol. The van der Waals surface area contributed by atoms with E-state index in [0.29, 0.717) is 23.3 Å². The van der Waals surface area contributed by atoms with Crippen LogP contribution >= 0.6 is 23.1 Å². The van der Waals surface area contributed by atoms with Crippen LogP contribution in [0, 0.1) is 5.92 Å². The van der Waals surface area contributed by atoms with Crippen molar-refractivity contribution in [2.45, 2.75) is 44.8 Å². The van der Waals surface area contributed by atoms with Crippen molar-refractivity contribution in [3.05, 3.63) is 44.8 Å². The third-order valence-corrected chi connectivity index (χ3v) is 7.05. The smallest absolute Gasteiger partial charge is 0.263 e. The summed E-state index contributed by atoms with van der Waals surface area (Å²) >= 11 is 3.00. The Kier molecular flexibility index (Phi) is 4.75. The Bertz CT molecular complexity index is 1020. The van der Waals surface area contributed by atoms with Gasteiger partial charge in [0.15, 0.2) is 10.9 Å². The average molecular weight is 388 g/mol. The van der Waals surface area contributed by atoms with Crippen LogP contribution in [-0.4, -0.2) is 26.1 Å². The molecule has 0 aliphatic heterocycles. The molecule has 0 bridgehead atoms. The van der Waals surface area contributed by atoms with Crippen LogP contribution in [0.25, 0.3) is 10.2 Å². The van der Waals surface area contributed by atoms with E-state index in [1.54, 1.807) is 34.2 Å². The molecule has 0 fully saturated rings. The molecule has 4 rings (SSSR count). The first-order valence-corrected chi connectivity index (χ1v) is 10.7. The number of aryl methyl sites for hydroxylation is 1. The highest BCUT2D eigenvalue weighted by atomic mass is 32.2. The Hall–Kier alpha value is -1.86. The number of carbonyl (C=O) groups excluding carboxylic acids is 1. The Labute approximate surface area is 159 Å². The molecule has 0 saturated carbocycles. The highest BCUT2D eigenvalue weighted by Gasteiger charge is 2.24. The number of aromatic amines is 1. The van der Waals surface area contributed by atoms with Gasteiger partial charge in [0.25, 0.3) is 5.56 Å². The first-order chi connectivity index (χ1) is 12.6. The number of nitrogens with zero attached hydrogens (tertiary/aromatic N) is 2. The molecular formula is C19H21N3O2S2. The summed E-state index contributed by atoms with van der Waals surface area (Å²) in [6.45, 7) is 4.77. The quantitative estimate of drug-likeness (QED) is 0.409. The van der Waals surface area contributed by atoms with Crippen molar-refractivity contribution in [1.82, 2.24) is 14.5 Å². The van der Waals surface area contributed by atoms with Crippen LogP contribution in [0.1, 0.15) is 41.2 Å². The fraction of sp³-hybridized carbons (Fsp3) is 0.421. The zero-order valence-electron chi connectivity index (χ0n) is 14.9. The lowest BCUT2D eigenvalue weighted by Crippen LogP contribution is -2.23. The Balaban J connectivity index is 1.71. The summed E-state index contributed by atoms with van der Waals surface area (Å²) in [5.74, 6) is 0.938. The van der Waals surface area contributed by atoms with Crippen molar-refractivity contribution in [3.8, 4) is 0 Å². The summed E-state index contributed by atoms with van der Waals surface area (Å²) in [5, 5.41) is 1.44. The third-order valence-electron chi connectivity index (χ3n) is 4.93. The Morgan fingerprint density at radius 2 is 2.35 bits per heavy atom. The molecule has 3 heterocycles. The van der Waals surface area contributed by atoms with Gasteiger partial charge >= 0.3 is 0 Å². The first-order valence-electron chi connectivity index (χ1n) is 8.93. The van der Waals surface area contributed by atoms with Crippen LogP contribution in [0.4, 0.5) is 0 Å². The predicted octanol–water partition coefficient (Wildman–Crippen LogP) is 3.91. The van der Waals surface area contributed by atoms with Crippen LogP contribution in [0.15, 0.2) is 28.3 Å². The minimum Gasteiger partial charge on any atom is -0.359 e. The number of carbonyl (C=O) groups is 1. The fourth-order valence-corrected chi connectivity index (χ4v) is 5.88. The van der Waals surface area contributed by atoms with E-state index in [1.165, 1.54) is 22.2 Å². The molecule has 3 aromatic rings. The molecule has 136 valence electrons. The third kappa shape index (κ3) is 3.03. The van der Waals surface area contributed by atoms with Gasteiger partial charge in [-0.3, -0.25) is 14.2 Å². The van der Waals surface area contributed by atoms with Crippen LogP contribution in [0.2, 0.25) is 0 Å². The van der Waals surface area contributed by atoms with E-state index >= 15 is 0 Å². The minimum absolute atomic E-state index is 0.0105. The molecule has 0 amide bonds. The second-order valence-corrected chi connectivity index (χ2v) is 8.80. The van der Waals surface area contributed by atoms with E-state index in [9.17, 15) is 9.59 Å². The van der Waals surface area contributed by atoms with Crippen molar-refractivity contribution in [1.29, 1.82) is 0 Å². The van der Waals surface area contributed by atoms with Crippen molar-refractivity contribution in [3.63, 3.8) is 0 Å². The lowest BCUT2D eigenvalue weighted by atomic mass is 9.89. The highest BCUT2D eigenvalue weighted by Crippen LogP contribution is 2.36. The number of rotatable bonds is 5. The van der Waals surface area contributed by atoms with Gasteiger partial charge in [-0.15, -0.1) is 11.3 Å².